The molecule has 1 aromatic carbocycles. The summed E-state index contributed by atoms with van der Waals surface area (Å²) in [5.74, 6) is -0.343. The molecule has 2 bridgehead atoms. The second kappa shape index (κ2) is 5.65. The first-order valence-corrected chi connectivity index (χ1v) is 7.92. The molecule has 0 spiro atoms. The SMILES string of the molecule is Fc1ncccc1C1=CC2CCC(C1)N2Cc1ccccc1. The monoisotopic (exact) mass is 294 g/mol. The van der Waals surface area contributed by atoms with Crippen LogP contribution in [0, 0.1) is 5.95 Å². The average molecular weight is 294 g/mol. The van der Waals surface area contributed by atoms with E-state index in [4.69, 9.17) is 0 Å². The van der Waals surface area contributed by atoms with Crippen LogP contribution in [0.25, 0.3) is 5.57 Å². The molecule has 1 saturated heterocycles. The minimum absolute atomic E-state index is 0.343. The molecule has 0 saturated carbocycles. The fraction of sp³-hybridized carbons (Fsp3) is 0.316. The summed E-state index contributed by atoms with van der Waals surface area (Å²) < 4.78 is 13.9. The van der Waals surface area contributed by atoms with Crippen LogP contribution < -0.4 is 0 Å². The number of hydrogen-bond donors (Lipinski definition) is 0. The maximum atomic E-state index is 13.9. The van der Waals surface area contributed by atoms with Crippen LogP contribution in [0.1, 0.15) is 30.4 Å². The van der Waals surface area contributed by atoms with Crippen molar-refractivity contribution in [2.45, 2.75) is 37.9 Å². The molecule has 22 heavy (non-hydrogen) atoms. The molecule has 2 unspecified atom stereocenters. The lowest BCUT2D eigenvalue weighted by atomic mass is 9.95. The minimum atomic E-state index is -0.343. The molecular formula is C19H19FN2. The van der Waals surface area contributed by atoms with Crippen molar-refractivity contribution < 1.29 is 4.39 Å². The molecule has 0 amide bonds. The van der Waals surface area contributed by atoms with Crippen LogP contribution in [0.15, 0.2) is 54.7 Å². The van der Waals surface area contributed by atoms with Gasteiger partial charge in [0, 0.05) is 30.4 Å². The first kappa shape index (κ1) is 13.6. The Morgan fingerprint density at radius 3 is 2.73 bits per heavy atom. The van der Waals surface area contributed by atoms with E-state index in [2.05, 4.69) is 46.3 Å². The van der Waals surface area contributed by atoms with Gasteiger partial charge in [0.1, 0.15) is 0 Å². The van der Waals surface area contributed by atoms with Gasteiger partial charge in [-0.05, 0) is 42.5 Å². The number of benzene rings is 1. The number of halogens is 1. The first-order valence-electron chi connectivity index (χ1n) is 7.92. The van der Waals surface area contributed by atoms with Gasteiger partial charge < -0.3 is 0 Å². The van der Waals surface area contributed by atoms with Crippen molar-refractivity contribution in [3.8, 4) is 0 Å². The fourth-order valence-corrected chi connectivity index (χ4v) is 3.78. The van der Waals surface area contributed by atoms with Crippen LogP contribution in [0.2, 0.25) is 0 Å². The maximum absolute atomic E-state index is 13.9. The molecule has 112 valence electrons. The Labute approximate surface area is 130 Å². The van der Waals surface area contributed by atoms with E-state index in [9.17, 15) is 4.39 Å². The quantitative estimate of drug-likeness (QED) is 0.794. The van der Waals surface area contributed by atoms with Gasteiger partial charge in [-0.2, -0.15) is 4.39 Å². The Balaban J connectivity index is 1.59. The summed E-state index contributed by atoms with van der Waals surface area (Å²) in [4.78, 5) is 6.35. The summed E-state index contributed by atoms with van der Waals surface area (Å²) in [5.41, 5.74) is 3.16. The van der Waals surface area contributed by atoms with E-state index in [0.717, 1.165) is 18.5 Å². The van der Waals surface area contributed by atoms with Crippen molar-refractivity contribution in [2.75, 3.05) is 0 Å². The Bertz CT molecular complexity index is 696. The lowest BCUT2D eigenvalue weighted by Gasteiger charge is -2.34. The third-order valence-electron chi connectivity index (χ3n) is 4.85. The van der Waals surface area contributed by atoms with E-state index in [-0.39, 0.29) is 5.95 Å². The Morgan fingerprint density at radius 1 is 1.09 bits per heavy atom. The van der Waals surface area contributed by atoms with Gasteiger partial charge in [-0.1, -0.05) is 36.4 Å². The summed E-state index contributed by atoms with van der Waals surface area (Å²) in [6.07, 6.45) is 7.05. The Kier molecular flexibility index (Phi) is 3.51. The molecule has 1 aromatic heterocycles. The number of aromatic nitrogens is 1. The summed E-state index contributed by atoms with van der Waals surface area (Å²) in [7, 11) is 0. The van der Waals surface area contributed by atoms with Crippen molar-refractivity contribution in [3.63, 3.8) is 0 Å². The van der Waals surface area contributed by atoms with E-state index in [1.165, 1.54) is 24.6 Å². The number of fused-ring (bicyclic) bond motifs is 2. The Hall–Kier alpha value is -2.00. The smallest absolute Gasteiger partial charge is 0.220 e. The summed E-state index contributed by atoms with van der Waals surface area (Å²) in [6, 6.07) is 15.2. The maximum Gasteiger partial charge on any atom is 0.220 e. The minimum Gasteiger partial charge on any atom is -0.289 e. The van der Waals surface area contributed by atoms with Gasteiger partial charge in [0.15, 0.2) is 0 Å². The van der Waals surface area contributed by atoms with Crippen LogP contribution in [0.4, 0.5) is 4.39 Å². The second-order valence-corrected chi connectivity index (χ2v) is 6.19. The van der Waals surface area contributed by atoms with E-state index in [1.54, 1.807) is 0 Å². The predicted octanol–water partition coefficient (Wildman–Crippen LogP) is 4.04. The fourth-order valence-electron chi connectivity index (χ4n) is 3.78. The molecule has 2 nitrogen and oxygen atoms in total. The zero-order valence-corrected chi connectivity index (χ0v) is 12.5. The molecule has 0 N–H and O–H groups in total. The van der Waals surface area contributed by atoms with Crippen LogP contribution in [-0.2, 0) is 6.54 Å². The number of hydrogen-bond acceptors (Lipinski definition) is 2. The van der Waals surface area contributed by atoms with Crippen LogP contribution in [-0.4, -0.2) is 22.0 Å². The first-order chi connectivity index (χ1) is 10.8. The third-order valence-corrected chi connectivity index (χ3v) is 4.85. The molecule has 4 rings (SSSR count). The highest BCUT2D eigenvalue weighted by Crippen LogP contribution is 2.39. The van der Waals surface area contributed by atoms with E-state index in [1.807, 2.05) is 12.1 Å². The predicted molar refractivity (Wildman–Crippen MR) is 85.6 cm³/mol. The average Bonchev–Trinajstić information content (AvgIpc) is 2.78. The molecular weight excluding hydrogens is 275 g/mol. The van der Waals surface area contributed by atoms with Crippen molar-refractivity contribution in [1.29, 1.82) is 0 Å². The van der Waals surface area contributed by atoms with Crippen molar-refractivity contribution in [2.24, 2.45) is 0 Å². The second-order valence-electron chi connectivity index (χ2n) is 6.19. The van der Waals surface area contributed by atoms with Gasteiger partial charge in [-0.3, -0.25) is 4.90 Å². The number of rotatable bonds is 3. The summed E-state index contributed by atoms with van der Waals surface area (Å²) in [6.45, 7) is 0.982. The van der Waals surface area contributed by atoms with Crippen molar-refractivity contribution in [1.82, 2.24) is 9.88 Å². The van der Waals surface area contributed by atoms with Gasteiger partial charge in [0.05, 0.1) is 0 Å². The van der Waals surface area contributed by atoms with Crippen LogP contribution in [0.5, 0.6) is 0 Å². The standard InChI is InChI=1S/C19H19FN2/c20-19-18(7-4-10-21-19)15-11-16-8-9-17(12-15)22(16)13-14-5-2-1-3-6-14/h1-7,10-11,16-17H,8-9,12-13H2. The lowest BCUT2D eigenvalue weighted by molar-refractivity contribution is 0.203. The molecule has 2 aliphatic rings. The highest BCUT2D eigenvalue weighted by atomic mass is 19.1. The number of nitrogens with zero attached hydrogens (tertiary/aromatic N) is 2. The highest BCUT2D eigenvalue weighted by Gasteiger charge is 2.36. The summed E-state index contributed by atoms with van der Waals surface area (Å²) >= 11 is 0. The van der Waals surface area contributed by atoms with Gasteiger partial charge in [0.25, 0.3) is 0 Å². The van der Waals surface area contributed by atoms with Gasteiger partial charge in [-0.25, -0.2) is 4.98 Å². The molecule has 1 fully saturated rings. The van der Waals surface area contributed by atoms with Crippen molar-refractivity contribution in [3.05, 3.63) is 71.8 Å². The molecule has 2 aliphatic heterocycles. The molecule has 3 heterocycles. The third kappa shape index (κ3) is 2.46. The molecule has 0 radical (unpaired) electrons. The zero-order valence-electron chi connectivity index (χ0n) is 12.5. The molecule has 2 atom stereocenters. The van der Waals surface area contributed by atoms with Crippen molar-refractivity contribution >= 4 is 5.57 Å². The summed E-state index contributed by atoms with van der Waals surface area (Å²) in [5, 5.41) is 0. The van der Waals surface area contributed by atoms with Gasteiger partial charge >= 0.3 is 0 Å². The van der Waals surface area contributed by atoms with E-state index in [0.29, 0.717) is 17.6 Å². The molecule has 2 aromatic rings. The normalized spacial score (nSPS) is 24.3. The van der Waals surface area contributed by atoms with Gasteiger partial charge in [-0.15, -0.1) is 0 Å². The van der Waals surface area contributed by atoms with Crippen LogP contribution >= 0.6 is 0 Å². The lowest BCUT2D eigenvalue weighted by Crippen LogP contribution is -2.37. The van der Waals surface area contributed by atoms with Crippen LogP contribution in [0.3, 0.4) is 0 Å². The van der Waals surface area contributed by atoms with E-state index >= 15 is 0 Å². The topological polar surface area (TPSA) is 16.1 Å². The number of pyridine rings is 1. The Morgan fingerprint density at radius 2 is 1.95 bits per heavy atom. The van der Waals surface area contributed by atoms with E-state index < -0.39 is 0 Å². The zero-order chi connectivity index (χ0) is 14.9. The molecule has 3 heteroatoms. The molecule has 0 aliphatic carbocycles. The highest BCUT2D eigenvalue weighted by molar-refractivity contribution is 5.67. The largest absolute Gasteiger partial charge is 0.289 e. The van der Waals surface area contributed by atoms with Gasteiger partial charge in [0.2, 0.25) is 5.95 Å².